The first-order valence-electron chi connectivity index (χ1n) is 5.41. The Hall–Kier alpha value is -2.43. The number of aryl methyl sites for hydroxylation is 2. The zero-order chi connectivity index (χ0) is 13.3. The van der Waals surface area contributed by atoms with Crippen LogP contribution in [0.15, 0.2) is 24.5 Å². The summed E-state index contributed by atoms with van der Waals surface area (Å²) in [4.78, 5) is 19.8. The van der Waals surface area contributed by atoms with Gasteiger partial charge in [0.15, 0.2) is 5.78 Å². The molecule has 0 unspecified atom stereocenters. The molecule has 0 fully saturated rings. The van der Waals surface area contributed by atoms with Crippen molar-refractivity contribution in [2.24, 2.45) is 0 Å². The minimum absolute atomic E-state index is 0.0330. The molecule has 0 radical (unpaired) electrons. The molecule has 1 aromatic carbocycles. The number of hydrogen-bond acceptors (Lipinski definition) is 5. The molecule has 0 bridgehead atoms. The Balaban J connectivity index is 2.49. The number of nitrogen functional groups attached to an aromatic ring is 1. The Bertz CT molecular complexity index is 583. The highest BCUT2D eigenvalue weighted by Crippen LogP contribution is 2.25. The second kappa shape index (κ2) is 4.44. The summed E-state index contributed by atoms with van der Waals surface area (Å²) in [5.74, 6) is -0.240. The number of hydrogen-bond donors (Lipinski definition) is 2. The van der Waals surface area contributed by atoms with Crippen molar-refractivity contribution in [3.05, 3.63) is 46.8 Å². The van der Waals surface area contributed by atoms with Gasteiger partial charge in [-0.05, 0) is 31.0 Å². The summed E-state index contributed by atoms with van der Waals surface area (Å²) in [6.07, 6.45) is 2.70. The van der Waals surface area contributed by atoms with E-state index in [2.05, 4.69) is 9.97 Å². The molecule has 2 rings (SSSR count). The van der Waals surface area contributed by atoms with Crippen molar-refractivity contribution in [1.82, 2.24) is 9.97 Å². The highest BCUT2D eigenvalue weighted by atomic mass is 16.3. The Kier molecular flexibility index (Phi) is 2.97. The normalized spacial score (nSPS) is 10.3. The van der Waals surface area contributed by atoms with Gasteiger partial charge in [-0.2, -0.15) is 0 Å². The second-order valence-electron chi connectivity index (χ2n) is 4.14. The predicted octanol–water partition coefficient (Wildman–Crippen LogP) is 1.61. The van der Waals surface area contributed by atoms with Crippen LogP contribution in [0.5, 0.6) is 5.75 Å². The topological polar surface area (TPSA) is 89.1 Å². The number of benzene rings is 1. The van der Waals surface area contributed by atoms with Gasteiger partial charge in [0.1, 0.15) is 5.75 Å². The van der Waals surface area contributed by atoms with Crippen molar-refractivity contribution in [2.75, 3.05) is 5.73 Å². The maximum absolute atomic E-state index is 12.2. The number of phenolic OH excluding ortho intramolecular Hbond substituents is 1. The van der Waals surface area contributed by atoms with Crippen LogP contribution in [-0.4, -0.2) is 20.9 Å². The smallest absolute Gasteiger partial charge is 0.219 e. The highest BCUT2D eigenvalue weighted by molar-refractivity contribution is 6.11. The average molecular weight is 243 g/mol. The number of rotatable bonds is 2. The number of ketones is 1. The van der Waals surface area contributed by atoms with Gasteiger partial charge in [-0.15, -0.1) is 0 Å². The number of anilines is 1. The van der Waals surface area contributed by atoms with E-state index in [-0.39, 0.29) is 23.0 Å². The first kappa shape index (κ1) is 12.0. The lowest BCUT2D eigenvalue weighted by Gasteiger charge is -2.08. The Morgan fingerprint density at radius 3 is 2.39 bits per heavy atom. The molecule has 2 aromatic rings. The fraction of sp³-hybridized carbons (Fsp3) is 0.154. The maximum atomic E-state index is 12.2. The fourth-order valence-electron chi connectivity index (χ4n) is 1.84. The van der Waals surface area contributed by atoms with Crippen LogP contribution in [0.4, 0.5) is 5.95 Å². The minimum Gasteiger partial charge on any atom is -0.507 e. The van der Waals surface area contributed by atoms with Crippen LogP contribution < -0.4 is 5.73 Å². The van der Waals surface area contributed by atoms with Crippen LogP contribution in [0.1, 0.15) is 27.0 Å². The number of carbonyl (C=O) groups is 1. The maximum Gasteiger partial charge on any atom is 0.219 e. The third-order valence-corrected chi connectivity index (χ3v) is 2.62. The third-order valence-electron chi connectivity index (χ3n) is 2.62. The summed E-state index contributed by atoms with van der Waals surface area (Å²) >= 11 is 0. The van der Waals surface area contributed by atoms with E-state index >= 15 is 0 Å². The molecule has 1 aromatic heterocycles. The van der Waals surface area contributed by atoms with E-state index in [1.807, 2.05) is 13.0 Å². The molecular formula is C13H13N3O2. The van der Waals surface area contributed by atoms with Crippen LogP contribution >= 0.6 is 0 Å². The molecule has 0 saturated carbocycles. The monoisotopic (exact) mass is 243 g/mol. The molecule has 5 heteroatoms. The summed E-state index contributed by atoms with van der Waals surface area (Å²) in [6.45, 7) is 3.63. The molecule has 0 amide bonds. The van der Waals surface area contributed by atoms with Gasteiger partial charge < -0.3 is 10.8 Å². The lowest BCUT2D eigenvalue weighted by molar-refractivity contribution is 0.103. The summed E-state index contributed by atoms with van der Waals surface area (Å²) in [7, 11) is 0. The number of phenols is 1. The molecule has 0 aliphatic carbocycles. The van der Waals surface area contributed by atoms with Crippen molar-refractivity contribution in [2.45, 2.75) is 13.8 Å². The number of carbonyl (C=O) groups excluding carboxylic acids is 1. The fourth-order valence-corrected chi connectivity index (χ4v) is 1.84. The average Bonchev–Trinajstić information content (AvgIpc) is 2.28. The SMILES string of the molecule is Cc1cc(C)c(C(=O)c2cnc(N)nc2)c(O)c1. The zero-order valence-electron chi connectivity index (χ0n) is 10.1. The molecule has 5 nitrogen and oxygen atoms in total. The zero-order valence-corrected chi connectivity index (χ0v) is 10.1. The van der Waals surface area contributed by atoms with Crippen LogP contribution in [0, 0.1) is 13.8 Å². The molecule has 0 saturated heterocycles. The summed E-state index contributed by atoms with van der Waals surface area (Å²) < 4.78 is 0. The van der Waals surface area contributed by atoms with Crippen LogP contribution in [-0.2, 0) is 0 Å². The van der Waals surface area contributed by atoms with E-state index in [1.165, 1.54) is 12.4 Å². The molecule has 18 heavy (non-hydrogen) atoms. The number of aromatic hydroxyl groups is 1. The standard InChI is InChI=1S/C13H13N3O2/c1-7-3-8(2)11(10(17)4-7)12(18)9-5-15-13(14)16-6-9/h3-6,17H,1-2H3,(H2,14,15,16). The van der Waals surface area contributed by atoms with Gasteiger partial charge in [-0.1, -0.05) is 6.07 Å². The molecule has 3 N–H and O–H groups in total. The van der Waals surface area contributed by atoms with Gasteiger partial charge in [-0.25, -0.2) is 9.97 Å². The van der Waals surface area contributed by atoms with Gasteiger partial charge in [0.2, 0.25) is 5.95 Å². The van der Waals surface area contributed by atoms with Gasteiger partial charge in [0.05, 0.1) is 11.1 Å². The van der Waals surface area contributed by atoms with E-state index < -0.39 is 0 Å². The van der Waals surface area contributed by atoms with Crippen molar-refractivity contribution in [1.29, 1.82) is 0 Å². The lowest BCUT2D eigenvalue weighted by Crippen LogP contribution is -2.07. The molecule has 1 heterocycles. The molecule has 0 atom stereocenters. The van der Waals surface area contributed by atoms with E-state index in [0.717, 1.165) is 5.56 Å². The molecule has 0 spiro atoms. The van der Waals surface area contributed by atoms with E-state index in [9.17, 15) is 9.90 Å². The van der Waals surface area contributed by atoms with Crippen LogP contribution in [0.25, 0.3) is 0 Å². The van der Waals surface area contributed by atoms with Crippen molar-refractivity contribution >= 4 is 11.7 Å². The number of nitrogens with zero attached hydrogens (tertiary/aromatic N) is 2. The van der Waals surface area contributed by atoms with Gasteiger partial charge in [0.25, 0.3) is 0 Å². The van der Waals surface area contributed by atoms with Crippen molar-refractivity contribution < 1.29 is 9.90 Å². The van der Waals surface area contributed by atoms with Crippen molar-refractivity contribution in [3.8, 4) is 5.75 Å². The first-order chi connectivity index (χ1) is 8.49. The minimum atomic E-state index is -0.315. The van der Waals surface area contributed by atoms with Crippen LogP contribution in [0.2, 0.25) is 0 Å². The van der Waals surface area contributed by atoms with E-state index in [1.54, 1.807) is 13.0 Å². The van der Waals surface area contributed by atoms with Crippen molar-refractivity contribution in [3.63, 3.8) is 0 Å². The van der Waals surface area contributed by atoms with E-state index in [4.69, 9.17) is 5.73 Å². The summed E-state index contributed by atoms with van der Waals surface area (Å²) in [5.41, 5.74) is 7.55. The summed E-state index contributed by atoms with van der Waals surface area (Å²) in [5, 5.41) is 9.87. The Morgan fingerprint density at radius 2 is 1.83 bits per heavy atom. The van der Waals surface area contributed by atoms with Gasteiger partial charge in [0, 0.05) is 12.4 Å². The Labute approximate surface area is 104 Å². The van der Waals surface area contributed by atoms with E-state index in [0.29, 0.717) is 11.1 Å². The lowest BCUT2D eigenvalue weighted by atomic mass is 9.98. The van der Waals surface area contributed by atoms with Gasteiger partial charge >= 0.3 is 0 Å². The van der Waals surface area contributed by atoms with Gasteiger partial charge in [-0.3, -0.25) is 4.79 Å². The first-order valence-corrected chi connectivity index (χ1v) is 5.41. The predicted molar refractivity (Wildman–Crippen MR) is 67.5 cm³/mol. The number of nitrogens with two attached hydrogens (primary N) is 1. The molecule has 92 valence electrons. The summed E-state index contributed by atoms with van der Waals surface area (Å²) in [6, 6.07) is 3.39. The largest absolute Gasteiger partial charge is 0.507 e. The Morgan fingerprint density at radius 1 is 1.22 bits per heavy atom. The quantitative estimate of drug-likeness (QED) is 0.782. The second-order valence-corrected chi connectivity index (χ2v) is 4.14. The molecular weight excluding hydrogens is 230 g/mol. The third kappa shape index (κ3) is 2.15. The number of aromatic nitrogens is 2. The molecule has 0 aliphatic heterocycles. The van der Waals surface area contributed by atoms with Crippen LogP contribution in [0.3, 0.4) is 0 Å². The molecule has 0 aliphatic rings. The highest BCUT2D eigenvalue weighted by Gasteiger charge is 2.17.